The molecule has 0 radical (unpaired) electrons. The molecule has 0 bridgehead atoms. The molecule has 122 valence electrons. The monoisotopic (exact) mass is 315 g/mol. The topological polar surface area (TPSA) is 167 Å². The van der Waals surface area contributed by atoms with Crippen LogP contribution < -0.4 is 11.1 Å². The lowest BCUT2D eigenvalue weighted by Gasteiger charge is -2.22. The number of nitrogens with two attached hydrogens (primary N) is 1. The maximum Gasteiger partial charge on any atom is 0.326 e. The minimum absolute atomic E-state index is 0.0221. The lowest BCUT2D eigenvalue weighted by atomic mass is 10.1. The minimum Gasteiger partial charge on any atom is -0.480 e. The van der Waals surface area contributed by atoms with Gasteiger partial charge < -0.3 is 26.2 Å². The molecule has 0 aromatic heterocycles. The summed E-state index contributed by atoms with van der Waals surface area (Å²) in [5, 5.41) is 20.1. The Morgan fingerprint density at radius 1 is 1.32 bits per heavy atom. The Labute approximate surface area is 125 Å². The zero-order valence-electron chi connectivity index (χ0n) is 11.7. The van der Waals surface area contributed by atoms with Gasteiger partial charge in [-0.2, -0.15) is 0 Å². The molecule has 3 amide bonds. The van der Waals surface area contributed by atoms with E-state index in [0.29, 0.717) is 0 Å². The van der Waals surface area contributed by atoms with Gasteiger partial charge in [0, 0.05) is 12.8 Å². The number of likely N-dealkylation sites (tertiary alicyclic amines) is 1. The molecule has 2 unspecified atom stereocenters. The number of nitrogens with one attached hydrogen (secondary N) is 1. The van der Waals surface area contributed by atoms with E-state index in [1.165, 1.54) is 0 Å². The quantitative estimate of drug-likeness (QED) is 0.397. The van der Waals surface area contributed by atoms with Gasteiger partial charge in [0.05, 0.1) is 0 Å². The summed E-state index contributed by atoms with van der Waals surface area (Å²) in [6.07, 6.45) is -0.288. The van der Waals surface area contributed by atoms with Gasteiger partial charge in [0.25, 0.3) is 0 Å². The predicted molar refractivity (Wildman–Crippen MR) is 70.4 cm³/mol. The number of carbonyl (C=O) groups excluding carboxylic acids is 3. The molecule has 1 aliphatic heterocycles. The fraction of sp³-hybridized carbons (Fsp3) is 0.583. The van der Waals surface area contributed by atoms with Crippen molar-refractivity contribution in [2.45, 2.75) is 37.8 Å². The number of primary amides is 1. The standard InChI is InChI=1S/C12H17N3O7/c13-8(16)3-1-6(11(19)20)14-9(17)5-15-7(12(21)22)2-4-10(15)18/h6-7H,1-5H2,(H2,13,16)(H,14,17)(H,19,20)(H,21,22). The van der Waals surface area contributed by atoms with Crippen LogP contribution in [0, 0.1) is 0 Å². The first-order valence-corrected chi connectivity index (χ1v) is 6.55. The molecule has 5 N–H and O–H groups in total. The number of carboxylic acid groups (broad SMARTS) is 2. The Hall–Kier alpha value is -2.65. The molecular weight excluding hydrogens is 298 g/mol. The van der Waals surface area contributed by atoms with E-state index in [0.717, 1.165) is 4.90 Å². The van der Waals surface area contributed by atoms with Gasteiger partial charge >= 0.3 is 11.9 Å². The Kier molecular flexibility index (Phi) is 5.84. The van der Waals surface area contributed by atoms with Crippen LogP contribution in [-0.4, -0.2) is 63.4 Å². The summed E-state index contributed by atoms with van der Waals surface area (Å²) >= 11 is 0. The highest BCUT2D eigenvalue weighted by atomic mass is 16.4. The van der Waals surface area contributed by atoms with Crippen LogP contribution in [0.5, 0.6) is 0 Å². The van der Waals surface area contributed by atoms with Crippen LogP contribution in [0.1, 0.15) is 25.7 Å². The third-order valence-corrected chi connectivity index (χ3v) is 3.24. The van der Waals surface area contributed by atoms with Crippen molar-refractivity contribution in [2.24, 2.45) is 5.73 Å². The van der Waals surface area contributed by atoms with Gasteiger partial charge in [0.2, 0.25) is 17.7 Å². The average molecular weight is 315 g/mol. The van der Waals surface area contributed by atoms with Crippen LogP contribution in [0.3, 0.4) is 0 Å². The molecule has 1 aliphatic rings. The molecule has 0 aliphatic carbocycles. The summed E-state index contributed by atoms with van der Waals surface area (Å²) in [7, 11) is 0. The van der Waals surface area contributed by atoms with Gasteiger partial charge in [-0.25, -0.2) is 9.59 Å². The molecule has 0 aromatic carbocycles. The molecule has 0 saturated carbocycles. The van der Waals surface area contributed by atoms with E-state index in [-0.39, 0.29) is 25.7 Å². The first kappa shape index (κ1) is 17.4. The first-order valence-electron chi connectivity index (χ1n) is 6.55. The molecule has 0 spiro atoms. The Bertz CT molecular complexity index is 505. The summed E-state index contributed by atoms with van der Waals surface area (Å²) in [5.74, 6) is -4.56. The molecule has 1 rings (SSSR count). The van der Waals surface area contributed by atoms with Crippen molar-refractivity contribution in [3.63, 3.8) is 0 Å². The highest BCUT2D eigenvalue weighted by Crippen LogP contribution is 2.18. The van der Waals surface area contributed by atoms with Crippen LogP contribution >= 0.6 is 0 Å². The number of aliphatic carboxylic acids is 2. The molecule has 1 fully saturated rings. The van der Waals surface area contributed by atoms with E-state index in [4.69, 9.17) is 15.9 Å². The zero-order chi connectivity index (χ0) is 16.9. The maximum absolute atomic E-state index is 11.8. The van der Waals surface area contributed by atoms with E-state index in [1.54, 1.807) is 0 Å². The highest BCUT2D eigenvalue weighted by molar-refractivity contribution is 5.92. The lowest BCUT2D eigenvalue weighted by molar-refractivity contribution is -0.148. The van der Waals surface area contributed by atoms with Gasteiger partial charge in [-0.3, -0.25) is 14.4 Å². The lowest BCUT2D eigenvalue weighted by Crippen LogP contribution is -2.49. The largest absolute Gasteiger partial charge is 0.480 e. The minimum atomic E-state index is -1.35. The second-order valence-electron chi connectivity index (χ2n) is 4.88. The molecule has 1 heterocycles. The number of rotatable bonds is 8. The van der Waals surface area contributed by atoms with Gasteiger partial charge in [-0.15, -0.1) is 0 Å². The van der Waals surface area contributed by atoms with Crippen LogP contribution in [-0.2, 0) is 24.0 Å². The van der Waals surface area contributed by atoms with Crippen molar-refractivity contribution in [1.29, 1.82) is 0 Å². The third kappa shape index (κ3) is 4.72. The van der Waals surface area contributed by atoms with Crippen molar-refractivity contribution in [3.05, 3.63) is 0 Å². The number of hydrogen-bond donors (Lipinski definition) is 4. The van der Waals surface area contributed by atoms with E-state index < -0.39 is 48.3 Å². The third-order valence-electron chi connectivity index (χ3n) is 3.24. The van der Waals surface area contributed by atoms with Crippen LogP contribution in [0.2, 0.25) is 0 Å². The van der Waals surface area contributed by atoms with Gasteiger partial charge in [-0.1, -0.05) is 0 Å². The van der Waals surface area contributed by atoms with Crippen LogP contribution in [0.4, 0.5) is 0 Å². The second-order valence-corrected chi connectivity index (χ2v) is 4.88. The van der Waals surface area contributed by atoms with E-state index in [9.17, 15) is 24.0 Å². The van der Waals surface area contributed by atoms with E-state index >= 15 is 0 Å². The average Bonchev–Trinajstić information content (AvgIpc) is 2.75. The SMILES string of the molecule is NC(=O)CCC(NC(=O)CN1C(=O)CCC1C(=O)O)C(=O)O. The second kappa shape index (κ2) is 7.38. The molecule has 10 heteroatoms. The molecule has 22 heavy (non-hydrogen) atoms. The van der Waals surface area contributed by atoms with Gasteiger partial charge in [-0.05, 0) is 12.8 Å². The molecule has 2 atom stereocenters. The summed E-state index contributed by atoms with van der Waals surface area (Å²) in [6.45, 7) is -0.545. The fourth-order valence-electron chi connectivity index (χ4n) is 2.13. The molecule has 0 aromatic rings. The number of hydrogen-bond acceptors (Lipinski definition) is 5. The van der Waals surface area contributed by atoms with Gasteiger partial charge in [0.15, 0.2) is 0 Å². The number of carboxylic acids is 2. The normalized spacial score (nSPS) is 18.8. The van der Waals surface area contributed by atoms with Crippen molar-refractivity contribution in [2.75, 3.05) is 6.54 Å². The van der Waals surface area contributed by atoms with Crippen molar-refractivity contribution >= 4 is 29.7 Å². The zero-order valence-corrected chi connectivity index (χ0v) is 11.7. The number of nitrogens with zero attached hydrogens (tertiary/aromatic N) is 1. The predicted octanol–water partition coefficient (Wildman–Crippen LogP) is -2.10. The summed E-state index contributed by atoms with van der Waals surface area (Å²) in [6, 6.07) is -2.42. The van der Waals surface area contributed by atoms with E-state index in [2.05, 4.69) is 5.32 Å². The smallest absolute Gasteiger partial charge is 0.326 e. The molecule has 10 nitrogen and oxygen atoms in total. The van der Waals surface area contributed by atoms with Crippen LogP contribution in [0.25, 0.3) is 0 Å². The highest BCUT2D eigenvalue weighted by Gasteiger charge is 2.37. The van der Waals surface area contributed by atoms with Crippen molar-refractivity contribution < 1.29 is 34.2 Å². The van der Waals surface area contributed by atoms with Gasteiger partial charge in [0.1, 0.15) is 18.6 Å². The van der Waals surface area contributed by atoms with Crippen LogP contribution in [0.15, 0.2) is 0 Å². The summed E-state index contributed by atoms with van der Waals surface area (Å²) < 4.78 is 0. The Morgan fingerprint density at radius 3 is 2.45 bits per heavy atom. The summed E-state index contributed by atoms with van der Waals surface area (Å²) in [4.78, 5) is 56.9. The van der Waals surface area contributed by atoms with Crippen molar-refractivity contribution in [3.8, 4) is 0 Å². The van der Waals surface area contributed by atoms with E-state index in [1.807, 2.05) is 0 Å². The molecular formula is C12H17N3O7. The molecule has 1 saturated heterocycles. The number of amides is 3. The number of carbonyl (C=O) groups is 5. The van der Waals surface area contributed by atoms with Crippen molar-refractivity contribution in [1.82, 2.24) is 10.2 Å². The fourth-order valence-corrected chi connectivity index (χ4v) is 2.13. The maximum atomic E-state index is 11.8. The summed E-state index contributed by atoms with van der Waals surface area (Å²) in [5.41, 5.74) is 4.91. The Balaban J connectivity index is 2.62. The first-order chi connectivity index (χ1) is 10.2. The Morgan fingerprint density at radius 2 is 1.95 bits per heavy atom.